The van der Waals surface area contributed by atoms with Gasteiger partial charge in [0.2, 0.25) is 0 Å². The van der Waals surface area contributed by atoms with Gasteiger partial charge in [-0.25, -0.2) is 0 Å². The van der Waals surface area contributed by atoms with Crippen molar-refractivity contribution in [2.75, 3.05) is 0 Å². The summed E-state index contributed by atoms with van der Waals surface area (Å²) in [4.78, 5) is 0. The Bertz CT molecular complexity index is 258. The quantitative estimate of drug-likeness (QED) is 0.670. The molecule has 0 saturated heterocycles. The van der Waals surface area contributed by atoms with E-state index >= 15 is 0 Å². The molecule has 12 heavy (non-hydrogen) atoms. The first-order chi connectivity index (χ1) is 5.74. The highest BCUT2D eigenvalue weighted by molar-refractivity contribution is 5.36. The van der Waals surface area contributed by atoms with E-state index in [4.69, 9.17) is 4.42 Å². The Morgan fingerprint density at radius 2 is 1.58 bits per heavy atom. The summed E-state index contributed by atoms with van der Waals surface area (Å²) in [5, 5.41) is 0. The predicted molar refractivity (Wildman–Crippen MR) is 51.3 cm³/mol. The number of rotatable bonds is 3. The van der Waals surface area contributed by atoms with Gasteiger partial charge in [0.05, 0.1) is 0 Å². The van der Waals surface area contributed by atoms with Crippen molar-refractivity contribution < 1.29 is 4.42 Å². The summed E-state index contributed by atoms with van der Waals surface area (Å²) < 4.78 is 5.67. The minimum atomic E-state index is 0.950. The van der Waals surface area contributed by atoms with Crippen LogP contribution in [0, 0.1) is 6.92 Å². The third kappa shape index (κ3) is 1.40. The molecule has 0 bridgehead atoms. The zero-order valence-electron chi connectivity index (χ0n) is 8.24. The van der Waals surface area contributed by atoms with Gasteiger partial charge in [0.25, 0.3) is 0 Å². The maximum absolute atomic E-state index is 5.67. The third-order valence-corrected chi connectivity index (χ3v) is 2.28. The van der Waals surface area contributed by atoms with E-state index in [0.29, 0.717) is 0 Å². The monoisotopic (exact) mass is 165 g/mol. The fourth-order valence-electron chi connectivity index (χ4n) is 1.59. The highest BCUT2D eigenvalue weighted by Gasteiger charge is 2.12. The first kappa shape index (κ1) is 9.37. The lowest BCUT2D eigenvalue weighted by Gasteiger charge is -1.95. The second-order valence-corrected chi connectivity index (χ2v) is 2.97. The summed E-state index contributed by atoms with van der Waals surface area (Å²) in [6, 6.07) is 0. The largest absolute Gasteiger partial charge is 0.466 e. The van der Waals surface area contributed by atoms with Crippen molar-refractivity contribution >= 4 is 0 Å². The zero-order chi connectivity index (χ0) is 9.14. The minimum absolute atomic E-state index is 0.950. The Morgan fingerprint density at radius 3 is 1.92 bits per heavy atom. The van der Waals surface area contributed by atoms with Gasteiger partial charge < -0.3 is 4.42 Å². The van der Waals surface area contributed by atoms with Crippen molar-refractivity contribution in [3.63, 3.8) is 0 Å². The number of furan rings is 1. The van der Waals surface area contributed by atoms with Crippen molar-refractivity contribution in [3.05, 3.63) is 29.6 Å². The molecule has 1 heterocycles. The standard InChI is InChI=1S/C11H17O/c1-5-9-8(4)10(6-2)12-11(9)7-3/h4-7H2,1-3H3. The van der Waals surface area contributed by atoms with Gasteiger partial charge in [-0.1, -0.05) is 20.8 Å². The van der Waals surface area contributed by atoms with Gasteiger partial charge in [-0.3, -0.25) is 0 Å². The lowest BCUT2D eigenvalue weighted by Crippen LogP contribution is -1.87. The van der Waals surface area contributed by atoms with Crippen LogP contribution in [-0.2, 0) is 19.3 Å². The van der Waals surface area contributed by atoms with Gasteiger partial charge in [-0.2, -0.15) is 0 Å². The average molecular weight is 165 g/mol. The molecule has 0 aliphatic carbocycles. The van der Waals surface area contributed by atoms with Crippen molar-refractivity contribution in [1.82, 2.24) is 0 Å². The van der Waals surface area contributed by atoms with E-state index in [-0.39, 0.29) is 0 Å². The van der Waals surface area contributed by atoms with Crippen molar-refractivity contribution in [2.24, 2.45) is 0 Å². The van der Waals surface area contributed by atoms with Crippen LogP contribution in [0.25, 0.3) is 0 Å². The van der Waals surface area contributed by atoms with Gasteiger partial charge in [-0.05, 0) is 24.5 Å². The van der Waals surface area contributed by atoms with E-state index in [9.17, 15) is 0 Å². The minimum Gasteiger partial charge on any atom is -0.466 e. The Balaban J connectivity index is 3.13. The molecule has 1 heteroatoms. The van der Waals surface area contributed by atoms with Gasteiger partial charge in [-0.15, -0.1) is 0 Å². The fraction of sp³-hybridized carbons (Fsp3) is 0.545. The van der Waals surface area contributed by atoms with Crippen LogP contribution in [0.5, 0.6) is 0 Å². The smallest absolute Gasteiger partial charge is 0.107 e. The Morgan fingerprint density at radius 1 is 1.00 bits per heavy atom. The molecule has 1 aromatic rings. The molecule has 0 N–H and O–H groups in total. The Kier molecular flexibility index (Phi) is 2.96. The fourth-order valence-corrected chi connectivity index (χ4v) is 1.59. The Labute approximate surface area is 74.8 Å². The maximum Gasteiger partial charge on any atom is 0.107 e. The summed E-state index contributed by atoms with van der Waals surface area (Å²) in [6.07, 6.45) is 2.96. The summed E-state index contributed by atoms with van der Waals surface area (Å²) >= 11 is 0. The van der Waals surface area contributed by atoms with Crippen LogP contribution < -0.4 is 0 Å². The number of hydrogen-bond donors (Lipinski definition) is 0. The van der Waals surface area contributed by atoms with Crippen LogP contribution in [0.15, 0.2) is 4.42 Å². The topological polar surface area (TPSA) is 13.1 Å². The summed E-state index contributed by atoms with van der Waals surface area (Å²) in [7, 11) is 0. The van der Waals surface area contributed by atoms with Crippen molar-refractivity contribution in [2.45, 2.75) is 40.0 Å². The summed E-state index contributed by atoms with van der Waals surface area (Å²) in [6.45, 7) is 10.4. The highest BCUT2D eigenvalue weighted by atomic mass is 16.3. The molecule has 0 aromatic carbocycles. The molecule has 1 rings (SSSR count). The molecule has 1 radical (unpaired) electrons. The molecule has 0 saturated carbocycles. The van der Waals surface area contributed by atoms with Crippen LogP contribution in [0.2, 0.25) is 0 Å². The number of aryl methyl sites for hydroxylation is 2. The van der Waals surface area contributed by atoms with E-state index in [0.717, 1.165) is 36.3 Å². The SMILES string of the molecule is [CH2]c1c(CC)oc(CC)c1CC. The molecule has 0 amide bonds. The van der Waals surface area contributed by atoms with E-state index in [1.807, 2.05) is 0 Å². The van der Waals surface area contributed by atoms with Crippen LogP contribution in [0.4, 0.5) is 0 Å². The molecular formula is C11H17O. The second-order valence-electron chi connectivity index (χ2n) is 2.97. The maximum atomic E-state index is 5.67. The second kappa shape index (κ2) is 3.79. The molecule has 0 aliphatic rings. The van der Waals surface area contributed by atoms with E-state index in [1.54, 1.807) is 0 Å². The summed E-state index contributed by atoms with van der Waals surface area (Å²) in [5.74, 6) is 2.18. The van der Waals surface area contributed by atoms with Gasteiger partial charge >= 0.3 is 0 Å². The van der Waals surface area contributed by atoms with Gasteiger partial charge in [0.15, 0.2) is 0 Å². The van der Waals surface area contributed by atoms with Crippen LogP contribution in [0.1, 0.15) is 43.4 Å². The normalized spacial score (nSPS) is 10.7. The lowest BCUT2D eigenvalue weighted by atomic mass is 10.1. The predicted octanol–water partition coefficient (Wildman–Crippen LogP) is 3.15. The summed E-state index contributed by atoms with van der Waals surface area (Å²) in [5.41, 5.74) is 2.44. The van der Waals surface area contributed by atoms with Gasteiger partial charge in [0.1, 0.15) is 11.5 Å². The van der Waals surface area contributed by atoms with Crippen molar-refractivity contribution in [3.8, 4) is 0 Å². The van der Waals surface area contributed by atoms with Crippen LogP contribution in [-0.4, -0.2) is 0 Å². The first-order valence-electron chi connectivity index (χ1n) is 4.69. The Hall–Kier alpha value is -0.720. The van der Waals surface area contributed by atoms with E-state index in [1.165, 1.54) is 5.56 Å². The van der Waals surface area contributed by atoms with Crippen LogP contribution >= 0.6 is 0 Å². The molecule has 0 aliphatic heterocycles. The van der Waals surface area contributed by atoms with Crippen LogP contribution in [0.3, 0.4) is 0 Å². The molecule has 1 nitrogen and oxygen atoms in total. The highest BCUT2D eigenvalue weighted by Crippen LogP contribution is 2.23. The molecule has 0 atom stereocenters. The molecule has 0 fully saturated rings. The molecule has 0 unspecified atom stereocenters. The average Bonchev–Trinajstić information content (AvgIpc) is 2.41. The van der Waals surface area contributed by atoms with Gasteiger partial charge in [0, 0.05) is 12.8 Å². The molecule has 67 valence electrons. The molecular weight excluding hydrogens is 148 g/mol. The lowest BCUT2D eigenvalue weighted by molar-refractivity contribution is 0.470. The molecule has 0 spiro atoms. The van der Waals surface area contributed by atoms with E-state index < -0.39 is 0 Å². The van der Waals surface area contributed by atoms with Crippen molar-refractivity contribution in [1.29, 1.82) is 0 Å². The van der Waals surface area contributed by atoms with E-state index in [2.05, 4.69) is 27.7 Å². The zero-order valence-corrected chi connectivity index (χ0v) is 8.24. The third-order valence-electron chi connectivity index (χ3n) is 2.28. The first-order valence-corrected chi connectivity index (χ1v) is 4.69. The molecule has 1 aromatic heterocycles. The number of hydrogen-bond acceptors (Lipinski definition) is 1.